The Morgan fingerprint density at radius 2 is 2.06 bits per heavy atom. The number of hydrogen-bond acceptors (Lipinski definition) is 2. The summed E-state index contributed by atoms with van der Waals surface area (Å²) in [5.41, 5.74) is 2.68. The van der Waals surface area contributed by atoms with E-state index in [2.05, 4.69) is 29.2 Å². The van der Waals surface area contributed by atoms with Gasteiger partial charge in [0.05, 0.1) is 6.07 Å². The molecule has 0 aromatic heterocycles. The lowest BCUT2D eigenvalue weighted by Crippen LogP contribution is -2.29. The van der Waals surface area contributed by atoms with Crippen molar-refractivity contribution in [2.24, 2.45) is 0 Å². The van der Waals surface area contributed by atoms with Crippen LogP contribution in [0.5, 0.6) is 0 Å². The van der Waals surface area contributed by atoms with Gasteiger partial charge < -0.3 is 0 Å². The fourth-order valence-corrected chi connectivity index (χ4v) is 2.35. The fraction of sp³-hybridized carbons (Fsp3) is 0.400. The number of hydrogen-bond donors (Lipinski definition) is 0. The molecule has 0 atom stereocenters. The molecule has 94 valence electrons. The highest BCUT2D eigenvalue weighted by atomic mass is 35.5. The smallest absolute Gasteiger partial charge is 0.0622 e. The highest BCUT2D eigenvalue weighted by molar-refractivity contribution is 6.30. The molecule has 18 heavy (non-hydrogen) atoms. The largest absolute Gasteiger partial charge is 0.299 e. The predicted molar refractivity (Wildman–Crippen MR) is 75.3 cm³/mol. The van der Waals surface area contributed by atoms with Gasteiger partial charge >= 0.3 is 0 Å². The molecule has 0 radical (unpaired) electrons. The number of nitriles is 1. The van der Waals surface area contributed by atoms with Gasteiger partial charge in [-0.3, -0.25) is 4.90 Å². The van der Waals surface area contributed by atoms with Gasteiger partial charge in [0.15, 0.2) is 0 Å². The first kappa shape index (κ1) is 13.1. The third-order valence-corrected chi connectivity index (χ3v) is 3.52. The minimum absolute atomic E-state index is 0.657. The normalized spacial score (nSPS) is 16.1. The van der Waals surface area contributed by atoms with E-state index in [0.717, 1.165) is 37.5 Å². The van der Waals surface area contributed by atoms with Gasteiger partial charge in [0, 0.05) is 24.5 Å². The van der Waals surface area contributed by atoms with Crippen LogP contribution in [0.3, 0.4) is 0 Å². The van der Waals surface area contributed by atoms with E-state index in [1.165, 1.54) is 11.1 Å². The van der Waals surface area contributed by atoms with Crippen LogP contribution in [-0.2, 0) is 0 Å². The average molecular weight is 261 g/mol. The van der Waals surface area contributed by atoms with Crippen LogP contribution in [0, 0.1) is 11.3 Å². The highest BCUT2D eigenvalue weighted by Crippen LogP contribution is 2.23. The SMILES string of the molecule is N#CCCCN1CC=C(c2ccc(Cl)cc2)CC1. The van der Waals surface area contributed by atoms with Gasteiger partial charge in [0.25, 0.3) is 0 Å². The number of nitrogens with zero attached hydrogens (tertiary/aromatic N) is 2. The van der Waals surface area contributed by atoms with Crippen LogP contribution < -0.4 is 0 Å². The summed E-state index contributed by atoms with van der Waals surface area (Å²) in [5, 5.41) is 9.30. The van der Waals surface area contributed by atoms with Gasteiger partial charge in [-0.15, -0.1) is 0 Å². The van der Waals surface area contributed by atoms with Crippen molar-refractivity contribution in [1.29, 1.82) is 5.26 Å². The maximum atomic E-state index is 8.52. The third-order valence-electron chi connectivity index (χ3n) is 3.27. The van der Waals surface area contributed by atoms with Crippen molar-refractivity contribution in [3.8, 4) is 6.07 Å². The molecule has 1 aliphatic heterocycles. The van der Waals surface area contributed by atoms with E-state index in [1.807, 2.05) is 12.1 Å². The predicted octanol–water partition coefficient (Wildman–Crippen LogP) is 3.73. The summed E-state index contributed by atoms with van der Waals surface area (Å²) in [6, 6.07) is 10.2. The molecule has 1 aromatic carbocycles. The second kappa shape index (κ2) is 6.58. The Kier molecular flexibility index (Phi) is 4.81. The number of halogens is 1. The van der Waals surface area contributed by atoms with E-state index in [1.54, 1.807) is 0 Å². The van der Waals surface area contributed by atoms with Crippen LogP contribution in [0.2, 0.25) is 5.02 Å². The molecule has 2 rings (SSSR count). The molecule has 0 aliphatic carbocycles. The molecule has 0 spiro atoms. The fourth-order valence-electron chi connectivity index (χ4n) is 2.22. The van der Waals surface area contributed by atoms with Crippen molar-refractivity contribution in [3.05, 3.63) is 40.9 Å². The van der Waals surface area contributed by atoms with Gasteiger partial charge in [-0.1, -0.05) is 29.8 Å². The first-order valence-electron chi connectivity index (χ1n) is 6.34. The van der Waals surface area contributed by atoms with Gasteiger partial charge in [-0.25, -0.2) is 0 Å². The topological polar surface area (TPSA) is 27.0 Å². The van der Waals surface area contributed by atoms with E-state index < -0.39 is 0 Å². The number of unbranched alkanes of at least 4 members (excludes halogenated alkanes) is 1. The van der Waals surface area contributed by atoms with Crippen molar-refractivity contribution < 1.29 is 0 Å². The molecule has 0 saturated carbocycles. The van der Waals surface area contributed by atoms with E-state index in [0.29, 0.717) is 6.42 Å². The van der Waals surface area contributed by atoms with Gasteiger partial charge in [-0.2, -0.15) is 5.26 Å². The molecule has 0 unspecified atom stereocenters. The standard InChI is InChI=1S/C15H17ClN2/c16-15-5-3-13(4-6-15)14-7-11-18(12-8-14)10-2-1-9-17/h3-7H,1-2,8,10-12H2. The second-order valence-electron chi connectivity index (χ2n) is 4.55. The monoisotopic (exact) mass is 260 g/mol. The summed E-state index contributed by atoms with van der Waals surface area (Å²) in [4.78, 5) is 2.40. The van der Waals surface area contributed by atoms with Crippen molar-refractivity contribution in [2.45, 2.75) is 19.3 Å². The summed E-state index contributed by atoms with van der Waals surface area (Å²) in [5.74, 6) is 0. The quantitative estimate of drug-likeness (QED) is 0.772. The maximum absolute atomic E-state index is 8.52. The van der Waals surface area contributed by atoms with E-state index in [4.69, 9.17) is 16.9 Å². The Hall–Kier alpha value is -1.30. The molecule has 3 heteroatoms. The molecule has 1 heterocycles. The number of rotatable bonds is 4. The lowest BCUT2D eigenvalue weighted by atomic mass is 9.99. The molecule has 0 bridgehead atoms. The molecular weight excluding hydrogens is 244 g/mol. The molecular formula is C15H17ClN2. The minimum atomic E-state index is 0.657. The van der Waals surface area contributed by atoms with Gasteiger partial charge in [0.1, 0.15) is 0 Å². The number of benzene rings is 1. The first-order valence-corrected chi connectivity index (χ1v) is 6.71. The van der Waals surface area contributed by atoms with Crippen molar-refractivity contribution in [3.63, 3.8) is 0 Å². The summed E-state index contributed by atoms with van der Waals surface area (Å²) in [6.45, 7) is 3.10. The Morgan fingerprint density at radius 3 is 2.67 bits per heavy atom. The lowest BCUT2D eigenvalue weighted by Gasteiger charge is -2.26. The van der Waals surface area contributed by atoms with E-state index in [9.17, 15) is 0 Å². The van der Waals surface area contributed by atoms with Crippen LogP contribution in [0.1, 0.15) is 24.8 Å². The van der Waals surface area contributed by atoms with Crippen LogP contribution in [-0.4, -0.2) is 24.5 Å². The van der Waals surface area contributed by atoms with Crippen LogP contribution >= 0.6 is 11.6 Å². The summed E-state index contributed by atoms with van der Waals surface area (Å²) in [6.07, 6.45) is 5.00. The molecule has 0 N–H and O–H groups in total. The Bertz CT molecular complexity index is 456. The van der Waals surface area contributed by atoms with Gasteiger partial charge in [0.2, 0.25) is 0 Å². The molecule has 0 amide bonds. The van der Waals surface area contributed by atoms with Gasteiger partial charge in [-0.05, 0) is 42.7 Å². The summed E-state index contributed by atoms with van der Waals surface area (Å²) in [7, 11) is 0. The third kappa shape index (κ3) is 3.60. The Labute approximate surface area is 113 Å². The van der Waals surface area contributed by atoms with Crippen molar-refractivity contribution >= 4 is 17.2 Å². The molecule has 0 fully saturated rings. The van der Waals surface area contributed by atoms with E-state index >= 15 is 0 Å². The van der Waals surface area contributed by atoms with Crippen LogP contribution in [0.25, 0.3) is 5.57 Å². The highest BCUT2D eigenvalue weighted by Gasteiger charge is 2.12. The maximum Gasteiger partial charge on any atom is 0.0622 e. The second-order valence-corrected chi connectivity index (χ2v) is 4.98. The minimum Gasteiger partial charge on any atom is -0.299 e. The first-order chi connectivity index (χ1) is 8.79. The zero-order valence-corrected chi connectivity index (χ0v) is 11.2. The lowest BCUT2D eigenvalue weighted by molar-refractivity contribution is 0.299. The molecule has 1 aliphatic rings. The Balaban J connectivity index is 1.90. The van der Waals surface area contributed by atoms with Crippen molar-refractivity contribution in [2.75, 3.05) is 19.6 Å². The van der Waals surface area contributed by atoms with E-state index in [-0.39, 0.29) is 0 Å². The summed E-state index contributed by atoms with van der Waals surface area (Å²) >= 11 is 5.89. The molecule has 2 nitrogen and oxygen atoms in total. The molecule has 1 aromatic rings. The van der Waals surface area contributed by atoms with Crippen molar-refractivity contribution in [1.82, 2.24) is 4.90 Å². The zero-order chi connectivity index (χ0) is 12.8. The van der Waals surface area contributed by atoms with Crippen LogP contribution in [0.15, 0.2) is 30.3 Å². The molecule has 0 saturated heterocycles. The average Bonchev–Trinajstić information content (AvgIpc) is 2.41. The summed E-state index contributed by atoms with van der Waals surface area (Å²) < 4.78 is 0. The Morgan fingerprint density at radius 1 is 1.28 bits per heavy atom. The zero-order valence-electron chi connectivity index (χ0n) is 10.4. The van der Waals surface area contributed by atoms with Crippen LogP contribution in [0.4, 0.5) is 0 Å².